The number of nitrogens with one attached hydrogen (secondary N) is 1. The van der Waals surface area contributed by atoms with Gasteiger partial charge in [-0.05, 0) is 18.6 Å². The van der Waals surface area contributed by atoms with Crippen molar-refractivity contribution in [3.63, 3.8) is 0 Å². The summed E-state index contributed by atoms with van der Waals surface area (Å²) in [7, 11) is 0. The predicted octanol–water partition coefficient (Wildman–Crippen LogP) is 2.90. The number of ketones is 1. The molecule has 0 aliphatic heterocycles. The van der Waals surface area contributed by atoms with Crippen LogP contribution < -0.4 is 5.32 Å². The second kappa shape index (κ2) is 9.41. The lowest BCUT2D eigenvalue weighted by molar-refractivity contribution is -0.142. The number of hydrogen-bond donors (Lipinski definition) is 1. The van der Waals surface area contributed by atoms with Crippen LogP contribution >= 0.6 is 0 Å². The molecule has 0 aliphatic rings. The van der Waals surface area contributed by atoms with Gasteiger partial charge in [0.25, 0.3) is 5.91 Å². The predicted molar refractivity (Wildman–Crippen MR) is 89.7 cm³/mol. The smallest absolute Gasteiger partial charge is 0.306 e. The van der Waals surface area contributed by atoms with Crippen LogP contribution in [0.1, 0.15) is 33.6 Å². The third-order valence-corrected chi connectivity index (χ3v) is 3.48. The van der Waals surface area contributed by atoms with Crippen LogP contribution in [0.5, 0.6) is 0 Å². The third kappa shape index (κ3) is 5.77. The van der Waals surface area contributed by atoms with Gasteiger partial charge in [0, 0.05) is 24.6 Å². The second-order valence-electron chi connectivity index (χ2n) is 5.43. The fourth-order valence-corrected chi connectivity index (χ4v) is 2.13. The van der Waals surface area contributed by atoms with Crippen molar-refractivity contribution in [1.29, 1.82) is 0 Å². The number of amides is 1. The lowest BCUT2D eigenvalue weighted by Crippen LogP contribution is -2.26. The van der Waals surface area contributed by atoms with E-state index >= 15 is 0 Å². The van der Waals surface area contributed by atoms with Crippen molar-refractivity contribution in [3.05, 3.63) is 71.3 Å². The summed E-state index contributed by atoms with van der Waals surface area (Å²) < 4.78 is 31.1. The molecular weight excluding hydrogens is 344 g/mol. The highest BCUT2D eigenvalue weighted by Gasteiger charge is 2.13. The van der Waals surface area contributed by atoms with E-state index in [1.807, 2.05) is 0 Å². The van der Waals surface area contributed by atoms with Gasteiger partial charge in [0.2, 0.25) is 0 Å². The molecule has 0 saturated carbocycles. The number of carbonyl (C=O) groups is 3. The lowest BCUT2D eigenvalue weighted by Gasteiger charge is -2.07. The molecule has 0 unspecified atom stereocenters. The molecule has 0 bridgehead atoms. The third-order valence-electron chi connectivity index (χ3n) is 3.48. The van der Waals surface area contributed by atoms with E-state index < -0.39 is 23.5 Å². The minimum absolute atomic E-state index is 0.00570. The van der Waals surface area contributed by atoms with Gasteiger partial charge in [-0.3, -0.25) is 14.4 Å². The summed E-state index contributed by atoms with van der Waals surface area (Å²) in [5.74, 6) is -3.31. The van der Waals surface area contributed by atoms with Gasteiger partial charge >= 0.3 is 5.97 Å². The van der Waals surface area contributed by atoms with Gasteiger partial charge in [0.1, 0.15) is 11.6 Å². The van der Waals surface area contributed by atoms with Gasteiger partial charge in [0.05, 0.1) is 5.56 Å². The van der Waals surface area contributed by atoms with Gasteiger partial charge in [-0.25, -0.2) is 8.78 Å². The fourth-order valence-electron chi connectivity index (χ4n) is 2.13. The first-order chi connectivity index (χ1) is 12.5. The Morgan fingerprint density at radius 2 is 1.73 bits per heavy atom. The second-order valence-corrected chi connectivity index (χ2v) is 5.43. The van der Waals surface area contributed by atoms with Crippen LogP contribution in [0, 0.1) is 11.6 Å². The van der Waals surface area contributed by atoms with E-state index in [1.54, 1.807) is 30.3 Å². The van der Waals surface area contributed by atoms with Gasteiger partial charge in [0.15, 0.2) is 12.4 Å². The topological polar surface area (TPSA) is 72.5 Å². The van der Waals surface area contributed by atoms with Crippen LogP contribution in [0.15, 0.2) is 48.5 Å². The Balaban J connectivity index is 1.67. The first-order valence-corrected chi connectivity index (χ1v) is 7.94. The zero-order chi connectivity index (χ0) is 18.9. The number of esters is 1. The normalized spacial score (nSPS) is 10.2. The van der Waals surface area contributed by atoms with E-state index in [4.69, 9.17) is 4.74 Å². The largest absolute Gasteiger partial charge is 0.457 e. The number of rotatable bonds is 8. The summed E-state index contributed by atoms with van der Waals surface area (Å²) in [6.45, 7) is -0.243. The molecule has 7 heteroatoms. The molecule has 26 heavy (non-hydrogen) atoms. The minimum atomic E-state index is -0.957. The van der Waals surface area contributed by atoms with Crippen molar-refractivity contribution >= 4 is 17.7 Å². The maximum absolute atomic E-state index is 13.4. The number of halogens is 2. The molecule has 2 aromatic rings. The molecule has 0 saturated heterocycles. The van der Waals surface area contributed by atoms with E-state index in [9.17, 15) is 23.2 Å². The number of carbonyl (C=O) groups excluding carboxylic acids is 3. The molecule has 0 aliphatic carbocycles. The van der Waals surface area contributed by atoms with E-state index in [0.717, 1.165) is 12.1 Å². The van der Waals surface area contributed by atoms with E-state index in [2.05, 4.69) is 5.32 Å². The highest BCUT2D eigenvalue weighted by molar-refractivity contribution is 5.97. The van der Waals surface area contributed by atoms with Crippen molar-refractivity contribution in [1.82, 2.24) is 5.32 Å². The number of benzene rings is 2. The zero-order valence-electron chi connectivity index (χ0n) is 13.8. The molecule has 136 valence electrons. The molecule has 2 rings (SSSR count). The molecule has 1 N–H and O–H groups in total. The Bertz CT molecular complexity index is 793. The van der Waals surface area contributed by atoms with Crippen LogP contribution in [-0.2, 0) is 9.53 Å². The molecular formula is C19H17F2NO4. The van der Waals surface area contributed by atoms with Crippen molar-refractivity contribution in [3.8, 4) is 0 Å². The van der Waals surface area contributed by atoms with E-state index in [1.165, 1.54) is 0 Å². The summed E-state index contributed by atoms with van der Waals surface area (Å²) in [5.41, 5.74) is 0.177. The molecule has 5 nitrogen and oxygen atoms in total. The summed E-state index contributed by atoms with van der Waals surface area (Å²) >= 11 is 0. The Labute approximate surface area is 149 Å². The van der Waals surface area contributed by atoms with Crippen LogP contribution in [-0.4, -0.2) is 30.8 Å². The van der Waals surface area contributed by atoms with Crippen LogP contribution in [0.4, 0.5) is 8.78 Å². The zero-order valence-corrected chi connectivity index (χ0v) is 13.8. The van der Waals surface area contributed by atoms with Crippen LogP contribution in [0.2, 0.25) is 0 Å². The highest BCUT2D eigenvalue weighted by atomic mass is 19.1. The fraction of sp³-hybridized carbons (Fsp3) is 0.211. The van der Waals surface area contributed by atoms with E-state index in [-0.39, 0.29) is 37.3 Å². The quantitative estimate of drug-likeness (QED) is 0.446. The number of Topliss-reactive ketones (excluding diaryl/α,β-unsaturated/α-hetero) is 1. The number of hydrogen-bond acceptors (Lipinski definition) is 4. The van der Waals surface area contributed by atoms with Crippen LogP contribution in [0.25, 0.3) is 0 Å². The maximum Gasteiger partial charge on any atom is 0.306 e. The van der Waals surface area contributed by atoms with Gasteiger partial charge in [-0.1, -0.05) is 30.3 Å². The Kier molecular flexibility index (Phi) is 6.96. The molecule has 0 fully saturated rings. The summed E-state index contributed by atoms with van der Waals surface area (Å²) in [5, 5.41) is 2.43. The van der Waals surface area contributed by atoms with Crippen LogP contribution in [0.3, 0.4) is 0 Å². The molecule has 1 amide bonds. The Morgan fingerprint density at radius 3 is 2.42 bits per heavy atom. The standard InChI is InChI=1S/C19H17F2NO4/c20-14-8-9-15(16(21)11-14)19(25)22-10-4-7-18(24)26-12-17(23)13-5-2-1-3-6-13/h1-3,5-6,8-9,11H,4,7,10,12H2,(H,22,25). The van der Waals surface area contributed by atoms with Gasteiger partial charge in [-0.2, -0.15) is 0 Å². The molecule has 2 aromatic carbocycles. The molecule has 0 heterocycles. The van der Waals surface area contributed by atoms with Gasteiger partial charge in [-0.15, -0.1) is 0 Å². The van der Waals surface area contributed by atoms with Crippen molar-refractivity contribution in [2.75, 3.05) is 13.2 Å². The number of ether oxygens (including phenoxy) is 1. The maximum atomic E-state index is 13.4. The minimum Gasteiger partial charge on any atom is -0.457 e. The first kappa shape index (κ1) is 19.2. The SMILES string of the molecule is O=C(CCCNC(=O)c1ccc(F)cc1F)OCC(=O)c1ccccc1. The van der Waals surface area contributed by atoms with Gasteiger partial charge < -0.3 is 10.1 Å². The first-order valence-electron chi connectivity index (χ1n) is 7.94. The summed E-state index contributed by atoms with van der Waals surface area (Å²) in [4.78, 5) is 35.1. The molecule has 0 aromatic heterocycles. The summed E-state index contributed by atoms with van der Waals surface area (Å²) in [6.07, 6.45) is 0.251. The van der Waals surface area contributed by atoms with Crippen molar-refractivity contribution in [2.45, 2.75) is 12.8 Å². The molecule has 0 atom stereocenters. The van der Waals surface area contributed by atoms with Crippen molar-refractivity contribution < 1.29 is 27.9 Å². The molecule has 0 radical (unpaired) electrons. The Hall–Kier alpha value is -3.09. The summed E-state index contributed by atoms with van der Waals surface area (Å²) in [6, 6.07) is 11.1. The average molecular weight is 361 g/mol. The van der Waals surface area contributed by atoms with Crippen molar-refractivity contribution in [2.24, 2.45) is 0 Å². The van der Waals surface area contributed by atoms with E-state index in [0.29, 0.717) is 11.6 Å². The monoisotopic (exact) mass is 361 g/mol. The average Bonchev–Trinajstić information content (AvgIpc) is 2.63. The highest BCUT2D eigenvalue weighted by Crippen LogP contribution is 2.09. The molecule has 0 spiro atoms. The Morgan fingerprint density at radius 1 is 1.00 bits per heavy atom. The lowest BCUT2D eigenvalue weighted by atomic mass is 10.1.